The fourth-order valence-electron chi connectivity index (χ4n) is 2.09. The van der Waals surface area contributed by atoms with Gasteiger partial charge in [-0.2, -0.15) is 17.0 Å². The van der Waals surface area contributed by atoms with E-state index in [0.717, 1.165) is 37.3 Å². The van der Waals surface area contributed by atoms with Crippen LogP contribution in [0.4, 0.5) is 0 Å². The molecule has 0 aromatic heterocycles. The van der Waals surface area contributed by atoms with Crippen molar-refractivity contribution in [3.63, 3.8) is 0 Å². The smallest absolute Gasteiger partial charge is 0.252 e. The molecule has 0 aliphatic rings. The summed E-state index contributed by atoms with van der Waals surface area (Å²) in [5.41, 5.74) is 3.60. The molecule has 5 heteroatoms. The van der Waals surface area contributed by atoms with E-state index in [-0.39, 0.29) is 5.91 Å². The summed E-state index contributed by atoms with van der Waals surface area (Å²) in [6.45, 7) is 2.61. The highest BCUT2D eigenvalue weighted by atomic mass is 127. The summed E-state index contributed by atoms with van der Waals surface area (Å²) in [6, 6.07) is 15.6. The van der Waals surface area contributed by atoms with Crippen molar-refractivity contribution >= 4 is 40.3 Å². The number of carbonyl (C=O) groups excluding carboxylic acids is 1. The van der Waals surface area contributed by atoms with E-state index in [1.165, 1.54) is 0 Å². The predicted octanol–water partition coefficient (Wildman–Crippen LogP) is 4.13. The second-order valence-corrected chi connectivity index (χ2v) is 7.20. The average molecular weight is 436 g/mol. The Balaban J connectivity index is 1.78. The number of aryl methyl sites for hydroxylation is 1. The average Bonchev–Trinajstić information content (AvgIpc) is 2.57. The minimum Gasteiger partial charge on any atom is -0.351 e. The van der Waals surface area contributed by atoms with Gasteiger partial charge in [0.25, 0.3) is 5.91 Å². The normalized spacial score (nSPS) is 10.1. The molecule has 0 saturated heterocycles. The van der Waals surface area contributed by atoms with Crippen LogP contribution in [0.1, 0.15) is 27.0 Å². The number of carbonyl (C=O) groups is 1. The molecule has 0 spiro atoms. The molecule has 0 aliphatic carbocycles. The van der Waals surface area contributed by atoms with Crippen LogP contribution in [0.3, 0.4) is 0 Å². The van der Waals surface area contributed by atoms with Gasteiger partial charge in [-0.3, -0.25) is 4.79 Å². The number of benzene rings is 2. The molecule has 2 aromatic rings. The van der Waals surface area contributed by atoms with Gasteiger partial charge in [0.1, 0.15) is 0 Å². The van der Waals surface area contributed by atoms with Crippen LogP contribution in [0.25, 0.3) is 0 Å². The lowest BCUT2D eigenvalue weighted by atomic mass is 10.1. The highest BCUT2D eigenvalue weighted by Crippen LogP contribution is 2.17. The van der Waals surface area contributed by atoms with Crippen LogP contribution in [0.5, 0.6) is 0 Å². The number of rotatable bonds is 6. The topological polar surface area (TPSA) is 52.9 Å². The molecular weight excluding hydrogens is 419 g/mol. The summed E-state index contributed by atoms with van der Waals surface area (Å²) in [7, 11) is 0. The number of nitrogens with zero attached hydrogens (tertiary/aromatic N) is 1. The largest absolute Gasteiger partial charge is 0.351 e. The molecule has 0 saturated carbocycles. The van der Waals surface area contributed by atoms with Crippen molar-refractivity contribution in [3.8, 4) is 6.07 Å². The Labute approximate surface area is 154 Å². The number of nitrogens with one attached hydrogen (secondary N) is 1. The van der Waals surface area contributed by atoms with E-state index in [1.807, 2.05) is 49.4 Å². The van der Waals surface area contributed by atoms with Crippen LogP contribution in [-0.4, -0.2) is 18.2 Å². The van der Waals surface area contributed by atoms with Gasteiger partial charge in [-0.1, -0.05) is 30.3 Å². The van der Waals surface area contributed by atoms with E-state index >= 15 is 0 Å². The first-order valence-electron chi connectivity index (χ1n) is 7.22. The molecule has 3 nitrogen and oxygen atoms in total. The van der Waals surface area contributed by atoms with Gasteiger partial charge < -0.3 is 5.32 Å². The van der Waals surface area contributed by atoms with Gasteiger partial charge in [-0.05, 0) is 52.8 Å². The van der Waals surface area contributed by atoms with Crippen molar-refractivity contribution in [1.82, 2.24) is 5.32 Å². The van der Waals surface area contributed by atoms with Crippen LogP contribution in [0, 0.1) is 21.8 Å². The Morgan fingerprint density at radius 3 is 2.83 bits per heavy atom. The van der Waals surface area contributed by atoms with Gasteiger partial charge in [0.05, 0.1) is 17.2 Å². The Hall–Kier alpha value is -1.52. The maximum Gasteiger partial charge on any atom is 0.252 e. The van der Waals surface area contributed by atoms with Crippen molar-refractivity contribution in [2.75, 3.05) is 12.3 Å². The summed E-state index contributed by atoms with van der Waals surface area (Å²) < 4.78 is 0.998. The molecule has 0 fully saturated rings. The molecule has 2 rings (SSSR count). The third kappa shape index (κ3) is 4.98. The number of nitriles is 1. The van der Waals surface area contributed by atoms with Crippen molar-refractivity contribution in [2.24, 2.45) is 0 Å². The van der Waals surface area contributed by atoms with Crippen LogP contribution < -0.4 is 5.32 Å². The fourth-order valence-corrected chi connectivity index (χ4v) is 3.56. The molecule has 0 bridgehead atoms. The lowest BCUT2D eigenvalue weighted by Crippen LogP contribution is -2.26. The Morgan fingerprint density at radius 2 is 2.04 bits per heavy atom. The van der Waals surface area contributed by atoms with E-state index in [0.29, 0.717) is 6.54 Å². The molecule has 1 amide bonds. The number of hydrogen-bond donors (Lipinski definition) is 1. The fraction of sp³-hybridized carbons (Fsp3) is 0.222. The van der Waals surface area contributed by atoms with Gasteiger partial charge in [0, 0.05) is 21.6 Å². The van der Waals surface area contributed by atoms with E-state index in [2.05, 4.69) is 34.0 Å². The first kappa shape index (κ1) is 17.8. The second kappa shape index (κ2) is 8.94. The summed E-state index contributed by atoms with van der Waals surface area (Å²) in [5, 5.41) is 12.0. The minimum atomic E-state index is -0.0314. The number of thioether (sulfide) groups is 1. The lowest BCUT2D eigenvalue weighted by Gasteiger charge is -2.09. The Bertz CT molecular complexity index is 740. The Morgan fingerprint density at radius 1 is 1.26 bits per heavy atom. The molecule has 23 heavy (non-hydrogen) atoms. The zero-order valence-corrected chi connectivity index (χ0v) is 15.8. The monoisotopic (exact) mass is 436 g/mol. The maximum absolute atomic E-state index is 12.2. The molecule has 118 valence electrons. The minimum absolute atomic E-state index is 0.0314. The molecule has 0 heterocycles. The summed E-state index contributed by atoms with van der Waals surface area (Å²) in [5.74, 6) is 1.56. The number of amides is 1. The second-order valence-electron chi connectivity index (χ2n) is 5.01. The highest BCUT2D eigenvalue weighted by Gasteiger charge is 2.10. The third-order valence-electron chi connectivity index (χ3n) is 3.36. The lowest BCUT2D eigenvalue weighted by molar-refractivity contribution is 0.0955. The molecule has 0 radical (unpaired) electrons. The highest BCUT2D eigenvalue weighted by molar-refractivity contribution is 14.1. The molecule has 0 atom stereocenters. The van der Waals surface area contributed by atoms with Gasteiger partial charge in [-0.15, -0.1) is 0 Å². The van der Waals surface area contributed by atoms with Crippen LogP contribution >= 0.6 is 34.4 Å². The first-order valence-corrected chi connectivity index (χ1v) is 9.46. The SMILES string of the molecule is Cc1cccc(C(=O)NCCSCc2ccccc2C#N)c1I. The predicted molar refractivity (Wildman–Crippen MR) is 104 cm³/mol. The molecule has 0 unspecified atom stereocenters. The zero-order valence-electron chi connectivity index (χ0n) is 12.8. The van der Waals surface area contributed by atoms with Crippen molar-refractivity contribution in [1.29, 1.82) is 5.26 Å². The quantitative estimate of drug-likeness (QED) is 0.547. The summed E-state index contributed by atoms with van der Waals surface area (Å²) in [4.78, 5) is 12.2. The van der Waals surface area contributed by atoms with Gasteiger partial charge in [0.2, 0.25) is 0 Å². The van der Waals surface area contributed by atoms with Crippen molar-refractivity contribution < 1.29 is 4.79 Å². The van der Waals surface area contributed by atoms with Crippen molar-refractivity contribution in [2.45, 2.75) is 12.7 Å². The van der Waals surface area contributed by atoms with Crippen LogP contribution in [0.2, 0.25) is 0 Å². The maximum atomic E-state index is 12.2. The van der Waals surface area contributed by atoms with E-state index in [1.54, 1.807) is 11.8 Å². The molecule has 0 aliphatic heterocycles. The van der Waals surface area contributed by atoms with E-state index in [9.17, 15) is 4.79 Å². The van der Waals surface area contributed by atoms with Gasteiger partial charge >= 0.3 is 0 Å². The summed E-state index contributed by atoms with van der Waals surface area (Å²) in [6.07, 6.45) is 0. The third-order valence-corrected chi connectivity index (χ3v) is 5.80. The first-order chi connectivity index (χ1) is 11.1. The van der Waals surface area contributed by atoms with Crippen LogP contribution in [-0.2, 0) is 5.75 Å². The zero-order chi connectivity index (χ0) is 16.7. The van der Waals surface area contributed by atoms with E-state index < -0.39 is 0 Å². The van der Waals surface area contributed by atoms with Gasteiger partial charge in [0.15, 0.2) is 0 Å². The number of halogens is 1. The molecule has 2 aromatic carbocycles. The van der Waals surface area contributed by atoms with E-state index in [4.69, 9.17) is 5.26 Å². The molecule has 1 N–H and O–H groups in total. The van der Waals surface area contributed by atoms with Crippen molar-refractivity contribution in [3.05, 3.63) is 68.3 Å². The molecular formula is C18H17IN2OS. The Kier molecular flexibility index (Phi) is 6.93. The van der Waals surface area contributed by atoms with Crippen LogP contribution in [0.15, 0.2) is 42.5 Å². The standard InChI is InChI=1S/C18H17IN2OS/c1-13-5-4-8-16(17(13)19)18(22)21-9-10-23-12-15-7-3-2-6-14(15)11-20/h2-8H,9-10,12H2,1H3,(H,21,22). The summed E-state index contributed by atoms with van der Waals surface area (Å²) >= 11 is 3.92. The van der Waals surface area contributed by atoms with Gasteiger partial charge in [-0.25, -0.2) is 0 Å². The number of hydrogen-bond acceptors (Lipinski definition) is 3.